The Hall–Kier alpha value is -11.6. The van der Waals surface area contributed by atoms with Crippen LogP contribution in [-0.4, -0.2) is 123 Å². The van der Waals surface area contributed by atoms with Gasteiger partial charge in [0.2, 0.25) is 35.4 Å². The Balaban J connectivity index is 0.000000158. The van der Waals surface area contributed by atoms with Crippen molar-refractivity contribution in [2.75, 3.05) is 77.1 Å². The van der Waals surface area contributed by atoms with E-state index in [2.05, 4.69) is 60.2 Å². The van der Waals surface area contributed by atoms with Crippen molar-refractivity contribution in [3.8, 4) is 0 Å². The second-order valence-corrected chi connectivity index (χ2v) is 26.2. The minimum atomic E-state index is -0.457. The van der Waals surface area contributed by atoms with Crippen LogP contribution in [0.3, 0.4) is 0 Å². The van der Waals surface area contributed by atoms with Gasteiger partial charge < -0.3 is 19.1 Å². The smallest absolute Gasteiger partial charge is 0.409 e. The third-order valence-corrected chi connectivity index (χ3v) is 18.5. The van der Waals surface area contributed by atoms with Gasteiger partial charge in [0, 0.05) is 27.9 Å². The summed E-state index contributed by atoms with van der Waals surface area (Å²) < 4.78 is 15.0. The number of nitrogens with zero attached hydrogens (tertiary/aromatic N) is 7. The van der Waals surface area contributed by atoms with Crippen molar-refractivity contribution >= 4 is 87.6 Å². The average Bonchev–Trinajstić information content (AvgIpc) is 1.65. The molecule has 0 bridgehead atoms. The van der Waals surface area contributed by atoms with Crippen LogP contribution < -0.4 is 62.6 Å². The highest BCUT2D eigenvalue weighted by molar-refractivity contribution is 5.89. The number of hydrogen-bond donors (Lipinski definition) is 6. The third kappa shape index (κ3) is 20.8. The molecule has 13 rings (SSSR count). The molecule has 6 saturated heterocycles. The van der Waals surface area contributed by atoms with Crippen molar-refractivity contribution < 1.29 is 57.4 Å². The van der Waals surface area contributed by atoms with Crippen LogP contribution in [0.15, 0.2) is 212 Å². The molecule has 6 aliphatic rings. The molecule has 25 heteroatoms. The van der Waals surface area contributed by atoms with Crippen molar-refractivity contribution in [1.82, 2.24) is 37.5 Å². The van der Waals surface area contributed by atoms with Gasteiger partial charge in [-0.25, -0.2) is 4.79 Å². The SMILES string of the molecule is CC(=O)OCC1C(=O)NN(c2ccccc2)C1c1ccccc1.CC(=O)OCCC1CN(c2ccccc2)NC1=O.CC1C(=O)NN(c2ccccc2)C1(C)C.CC1C(=O)NN(c2ccccc2)C1C.CC1C(=O)NN(c2ccccc2)C1C.CN(C)C(=O)OCC1CN(c2ccccc2)NC1=O. The van der Waals surface area contributed by atoms with E-state index < -0.39 is 12.0 Å². The van der Waals surface area contributed by atoms with Gasteiger partial charge in [0.05, 0.1) is 107 Å². The molecule has 0 aliphatic carbocycles. The van der Waals surface area contributed by atoms with Crippen molar-refractivity contribution in [3.05, 3.63) is 218 Å². The maximum atomic E-state index is 12.4. The van der Waals surface area contributed by atoms with Gasteiger partial charge in [-0.2, -0.15) is 0 Å². The fraction of sp³-hybridized carbons (Fsp3) is 0.346. The lowest BCUT2D eigenvalue weighted by atomic mass is 9.90. The lowest BCUT2D eigenvalue weighted by Gasteiger charge is -2.33. The number of amides is 7. The van der Waals surface area contributed by atoms with Gasteiger partial charge in [0.1, 0.15) is 19.1 Å². The molecule has 544 valence electrons. The fourth-order valence-corrected chi connectivity index (χ4v) is 11.7. The summed E-state index contributed by atoms with van der Waals surface area (Å²) in [5.41, 5.74) is 23.8. The lowest BCUT2D eigenvalue weighted by molar-refractivity contribution is -0.144. The standard InChI is InChI=1S/C18H18N2O3.C13H17N3O3.C13H16N2O3.C12H16N2O.2C11H14N2O/c1-13(21)23-12-16-17(14-8-4-2-5-9-14)20(19-18(16)22)15-10-6-3-7-11-15;1-15(2)13(18)19-9-10-8-16(14-12(10)17)11-6-4-3-5-7-11;1-10(16)18-8-7-11-9-15(14-13(11)17)12-5-3-2-4-6-12;1-9-11(15)13-14(12(9,2)3)10-7-5-4-6-8-10;2*1-8-9(2)13(12-11(8)14)10-6-4-3-5-7-10/h2-11,16-17H,12H2,1H3,(H,19,22);3-7,10H,8-9H2,1-2H3,(H,14,17);2-6,11H,7-9H2,1H3,(H,14,17);4-9H,1-3H3,(H,13,15);2*3-9H,1-2H3,(H,12,14). The van der Waals surface area contributed by atoms with Gasteiger partial charge in [-0.15, -0.1) is 0 Å². The molecule has 0 spiro atoms. The maximum absolute atomic E-state index is 12.4. The van der Waals surface area contributed by atoms with E-state index in [0.717, 1.165) is 39.7 Å². The highest BCUT2D eigenvalue weighted by Crippen LogP contribution is 2.37. The van der Waals surface area contributed by atoms with Crippen LogP contribution in [0.5, 0.6) is 0 Å². The van der Waals surface area contributed by atoms with Crippen LogP contribution in [0.25, 0.3) is 0 Å². The average molecular weight is 1410 g/mol. The highest BCUT2D eigenvalue weighted by atomic mass is 16.6. The second kappa shape index (κ2) is 36.6. The number of benzene rings is 7. The van der Waals surface area contributed by atoms with Crippen LogP contribution in [0.2, 0.25) is 0 Å². The van der Waals surface area contributed by atoms with Crippen LogP contribution >= 0.6 is 0 Å². The molecule has 103 heavy (non-hydrogen) atoms. The molecule has 6 aliphatic heterocycles. The first-order chi connectivity index (χ1) is 49.3. The Morgan fingerprint density at radius 1 is 0.417 bits per heavy atom. The Morgan fingerprint density at radius 2 is 0.786 bits per heavy atom. The van der Waals surface area contributed by atoms with Gasteiger partial charge in [0.15, 0.2) is 0 Å². The summed E-state index contributed by atoms with van der Waals surface area (Å²) in [6.07, 6.45) is 0.111. The molecule has 7 amide bonds. The van der Waals surface area contributed by atoms with E-state index in [9.17, 15) is 43.2 Å². The van der Waals surface area contributed by atoms with E-state index in [0.29, 0.717) is 19.5 Å². The number of carbonyl (C=O) groups excluding carboxylic acids is 9. The number of carbonyl (C=O) groups is 9. The van der Waals surface area contributed by atoms with Crippen molar-refractivity contribution in [1.29, 1.82) is 0 Å². The van der Waals surface area contributed by atoms with Crippen molar-refractivity contribution in [3.63, 3.8) is 0 Å². The number of para-hydroxylation sites is 6. The number of ether oxygens (including phenoxy) is 3. The predicted molar refractivity (Wildman–Crippen MR) is 395 cm³/mol. The molecule has 9 unspecified atom stereocenters. The number of anilines is 6. The quantitative estimate of drug-likeness (QED) is 0.0437. The van der Waals surface area contributed by atoms with Gasteiger partial charge in [-0.3, -0.25) is 101 Å². The summed E-state index contributed by atoms with van der Waals surface area (Å²) in [6.45, 7) is 18.3. The topological polar surface area (TPSA) is 276 Å². The number of esters is 2. The minimum absolute atomic E-state index is 0.00212. The summed E-state index contributed by atoms with van der Waals surface area (Å²) in [5.74, 6) is -1.55. The molecule has 6 heterocycles. The van der Waals surface area contributed by atoms with E-state index in [1.165, 1.54) is 18.7 Å². The Labute approximate surface area is 602 Å². The zero-order chi connectivity index (χ0) is 74.3. The minimum Gasteiger partial charge on any atom is -0.466 e. The third-order valence-electron chi connectivity index (χ3n) is 18.5. The van der Waals surface area contributed by atoms with Crippen LogP contribution in [0.4, 0.5) is 38.9 Å². The number of rotatable bonds is 14. The van der Waals surface area contributed by atoms with Gasteiger partial charge in [-0.1, -0.05) is 160 Å². The molecular formula is C78H95N13O12. The molecule has 25 nitrogen and oxygen atoms in total. The fourth-order valence-electron chi connectivity index (χ4n) is 11.7. The van der Waals surface area contributed by atoms with Gasteiger partial charge in [-0.05, 0) is 112 Å². The van der Waals surface area contributed by atoms with E-state index in [4.69, 9.17) is 14.2 Å². The van der Waals surface area contributed by atoms with E-state index in [1.807, 2.05) is 258 Å². The molecule has 0 saturated carbocycles. The number of hydrazine groups is 6. The summed E-state index contributed by atoms with van der Waals surface area (Å²) >= 11 is 0. The lowest BCUT2D eigenvalue weighted by Crippen LogP contribution is -2.46. The molecular weight excluding hydrogens is 1310 g/mol. The first kappa shape index (κ1) is 77.1. The van der Waals surface area contributed by atoms with Crippen LogP contribution in [0, 0.1) is 35.5 Å². The Bertz CT molecular complexity index is 3860. The number of hydrogen-bond acceptors (Lipinski definition) is 18. The zero-order valence-corrected chi connectivity index (χ0v) is 60.2. The first-order valence-corrected chi connectivity index (χ1v) is 34.4. The highest BCUT2D eigenvalue weighted by Gasteiger charge is 2.46. The summed E-state index contributed by atoms with van der Waals surface area (Å²) in [5, 5.41) is 11.2. The Morgan fingerprint density at radius 3 is 1.17 bits per heavy atom. The largest absolute Gasteiger partial charge is 0.466 e. The van der Waals surface area contributed by atoms with Crippen LogP contribution in [-0.2, 0) is 52.6 Å². The predicted octanol–water partition coefficient (Wildman–Crippen LogP) is 9.50. The monoisotopic (exact) mass is 1410 g/mol. The first-order valence-electron chi connectivity index (χ1n) is 34.4. The zero-order valence-electron chi connectivity index (χ0n) is 60.2. The molecule has 0 radical (unpaired) electrons. The van der Waals surface area contributed by atoms with Gasteiger partial charge >= 0.3 is 18.0 Å². The maximum Gasteiger partial charge on any atom is 0.409 e. The summed E-state index contributed by atoms with van der Waals surface area (Å²) in [7, 11) is 3.21. The summed E-state index contributed by atoms with van der Waals surface area (Å²) in [6, 6.07) is 68.5. The summed E-state index contributed by atoms with van der Waals surface area (Å²) in [4.78, 5) is 105. The Kier molecular flexibility index (Phi) is 27.4. The molecule has 6 fully saturated rings. The molecule has 0 aromatic heterocycles. The van der Waals surface area contributed by atoms with E-state index in [-0.39, 0.29) is 120 Å². The molecule has 7 aromatic carbocycles. The van der Waals surface area contributed by atoms with Crippen molar-refractivity contribution in [2.45, 2.75) is 92.4 Å². The normalized spacial score (nSPS) is 21.8. The van der Waals surface area contributed by atoms with E-state index in [1.54, 1.807) is 19.1 Å². The number of nitrogens with one attached hydrogen (secondary N) is 6. The van der Waals surface area contributed by atoms with Gasteiger partial charge in [0.25, 0.3) is 0 Å². The second-order valence-electron chi connectivity index (χ2n) is 26.2. The van der Waals surface area contributed by atoms with Crippen LogP contribution in [0.1, 0.15) is 80.3 Å². The van der Waals surface area contributed by atoms with E-state index >= 15 is 0 Å². The molecule has 6 N–H and O–H groups in total. The molecule has 9 atom stereocenters. The van der Waals surface area contributed by atoms with Crippen molar-refractivity contribution in [2.24, 2.45) is 35.5 Å². The molecule has 7 aromatic rings.